The van der Waals surface area contributed by atoms with Crippen LogP contribution in [0.4, 0.5) is 0 Å². The SMILES string of the molecule is BBB(B(B)B)B(B(B(B)B)B(B)B)B(B(B(B)B)B(B)B(B)B)B(B(B(B)B)B(B)B)B(B(B)B)B(B)B. The van der Waals surface area contributed by atoms with E-state index in [1.165, 1.54) is 7.06 Å². The molecule has 0 aromatic carbocycles. The smallest absolute Gasteiger partial charge is 0.000104 e. The monoisotopic (exact) mass is 471 g/mol. The van der Waals surface area contributed by atoms with Crippen LogP contribution in [0.25, 0.3) is 0 Å². The van der Waals surface area contributed by atoms with Gasteiger partial charge in [0.15, 0.2) is 0 Å². The Kier molecular flexibility index (Phi) is 20.4. The van der Waals surface area contributed by atoms with E-state index >= 15 is 0 Å². The topological polar surface area (TPSA) is 0 Å². The third kappa shape index (κ3) is 11.4. The van der Waals surface area contributed by atoms with Crippen molar-refractivity contribution in [2.45, 2.75) is 0 Å². The Morgan fingerprint density at radius 3 is 0.718 bits per heavy atom. The normalized spacial score (nSPS) is 9.54. The molecule has 0 saturated heterocycles. The van der Waals surface area contributed by atoms with Crippen molar-refractivity contribution >= 4 is 277 Å². The third-order valence-electron chi connectivity index (χ3n) is 11.5. The molecule has 0 bridgehead atoms. The largest absolute Gasteiger partial charge is 0.0593 e. The summed E-state index contributed by atoms with van der Waals surface area (Å²) in [6.07, 6.45) is 13.1. The van der Waals surface area contributed by atoms with Gasteiger partial charge in [0.05, 0.1) is 155 Å². The van der Waals surface area contributed by atoms with Gasteiger partial charge in [-0.1, -0.05) is 0 Å². The van der Waals surface area contributed by atoms with Crippen molar-refractivity contribution in [3.05, 3.63) is 0 Å². The maximum absolute atomic E-state index is 2.63. The Morgan fingerprint density at radius 1 is 0.256 bits per heavy atom. The molecule has 0 rings (SSSR count). The van der Waals surface area contributed by atoms with Crippen molar-refractivity contribution in [3.63, 3.8) is 0 Å². The molecule has 0 saturated carbocycles. The van der Waals surface area contributed by atoms with Crippen LogP contribution in [-0.4, -0.2) is 277 Å². The summed E-state index contributed by atoms with van der Waals surface area (Å²) in [4.78, 5) is 0. The van der Waals surface area contributed by atoms with Crippen molar-refractivity contribution in [1.82, 2.24) is 0 Å². The van der Waals surface area contributed by atoms with Crippen LogP contribution in [0.15, 0.2) is 0 Å². The van der Waals surface area contributed by atoms with Crippen molar-refractivity contribution < 1.29 is 0 Å². The van der Waals surface area contributed by atoms with Crippen LogP contribution in [0, 0.1) is 0 Å². The van der Waals surface area contributed by atoms with Gasteiger partial charge in [0.25, 0.3) is 0 Å². The molecule has 0 amide bonds. The number of hydrogen-bond acceptors (Lipinski definition) is 0. The Hall–Kier alpha value is 2.53. The predicted molar refractivity (Wildman–Crippen MR) is 282 cm³/mol. The Balaban J connectivity index is 8.19. The van der Waals surface area contributed by atoms with Gasteiger partial charge >= 0.3 is 0 Å². The quantitative estimate of drug-likeness (QED) is 0.178. The van der Waals surface area contributed by atoms with E-state index in [1.54, 1.807) is 0 Å². The molecule has 0 atom stereocenters. The lowest BCUT2D eigenvalue weighted by Gasteiger charge is -2.53. The van der Waals surface area contributed by atoms with Crippen LogP contribution in [0.5, 0.6) is 0 Å². The highest BCUT2D eigenvalue weighted by atomic mass is 13.4. The maximum Gasteiger partial charge on any atom is 0.0593 e. The standard InChI is InChI=1S/B39H41/c1-21-32(23(4)5)37(33(24(6)7)25(8)9)39(36(30(18)19)31(20)22(2)3)38(34(26(10)11)27(12)13)35(28(14)15)29(16)17/h21H,1-20H2. The van der Waals surface area contributed by atoms with Gasteiger partial charge in [-0.05, 0) is 0 Å². The average molecular weight is 463 g/mol. The van der Waals surface area contributed by atoms with Crippen LogP contribution in [-0.2, 0) is 0 Å². The molecule has 0 aromatic rings. The first-order valence-corrected chi connectivity index (χ1v) is 17.8. The summed E-state index contributed by atoms with van der Waals surface area (Å²) in [5.74, 6) is 0. The van der Waals surface area contributed by atoms with Crippen molar-refractivity contribution in [2.24, 2.45) is 0 Å². The van der Waals surface area contributed by atoms with E-state index in [-0.39, 0.29) is 0 Å². The highest BCUT2D eigenvalue weighted by molar-refractivity contribution is 8.31. The van der Waals surface area contributed by atoms with E-state index in [9.17, 15) is 0 Å². The zero-order valence-electron chi connectivity index (χ0n) is 31.1. The summed E-state index contributed by atoms with van der Waals surface area (Å²) in [7, 11) is 52.4. The minimum Gasteiger partial charge on any atom is 0.000104 e. The molecule has 0 nitrogen and oxygen atoms in total. The summed E-state index contributed by atoms with van der Waals surface area (Å²) in [6, 6.07) is 0. The van der Waals surface area contributed by atoms with Crippen LogP contribution in [0.3, 0.4) is 0 Å². The fourth-order valence-electron chi connectivity index (χ4n) is 10.4. The Labute approximate surface area is 275 Å². The molecule has 0 aliphatic heterocycles. The van der Waals surface area contributed by atoms with E-state index < -0.39 is 0 Å². The summed E-state index contributed by atoms with van der Waals surface area (Å²) < 4.78 is 0. The molecule has 0 radical (unpaired) electrons. The van der Waals surface area contributed by atoms with Gasteiger partial charge in [0.2, 0.25) is 0 Å². The molecule has 0 spiro atoms. The average Bonchev–Trinajstić information content (AvgIpc) is 2.74. The summed E-state index contributed by atoms with van der Waals surface area (Å²) in [6.45, 7) is 0. The van der Waals surface area contributed by atoms with Crippen LogP contribution >= 0.6 is 0 Å². The lowest BCUT2D eigenvalue weighted by atomic mass is 8.28. The minimum atomic E-state index is 0.696. The first-order valence-electron chi connectivity index (χ1n) is 17.8. The molecule has 0 aromatic heterocycles. The van der Waals surface area contributed by atoms with Gasteiger partial charge < -0.3 is 0 Å². The maximum atomic E-state index is 2.63. The molecule has 0 aliphatic carbocycles. The molecule has 0 N–H and O–H groups in total. The van der Waals surface area contributed by atoms with Crippen molar-refractivity contribution in [1.29, 1.82) is 0 Å². The van der Waals surface area contributed by atoms with Gasteiger partial charge in [-0.3, -0.25) is 0 Å². The highest BCUT2D eigenvalue weighted by Gasteiger charge is 2.57. The first-order chi connectivity index (χ1) is 17.8. The molecule has 0 unspecified atom stereocenters. The van der Waals surface area contributed by atoms with E-state index in [4.69, 9.17) is 0 Å². The fraction of sp³-hybridized carbons (Fsp3) is 0. The van der Waals surface area contributed by atoms with Crippen LogP contribution in [0.2, 0.25) is 0 Å². The molecule has 39 heteroatoms. The van der Waals surface area contributed by atoms with Gasteiger partial charge in [0.1, 0.15) is 0 Å². The lowest BCUT2D eigenvalue weighted by Crippen LogP contribution is -2.91. The second-order valence-corrected chi connectivity index (χ2v) is 17.2. The fourth-order valence-corrected chi connectivity index (χ4v) is 10.4. The van der Waals surface area contributed by atoms with E-state index in [2.05, 4.69) is 155 Å². The third-order valence-corrected chi connectivity index (χ3v) is 11.5. The van der Waals surface area contributed by atoms with E-state index in [0.29, 0.717) is 51.1 Å². The zero-order valence-corrected chi connectivity index (χ0v) is 31.1. The van der Waals surface area contributed by atoms with Gasteiger partial charge in [-0.15, -0.1) is 0 Å². The Bertz CT molecular complexity index is 574. The van der Waals surface area contributed by atoms with Crippen molar-refractivity contribution in [3.8, 4) is 0 Å². The molecule has 158 valence electrons. The Morgan fingerprint density at radius 2 is 0.513 bits per heavy atom. The molecule has 39 heavy (non-hydrogen) atoms. The molecule has 0 heterocycles. The summed E-state index contributed by atoms with van der Waals surface area (Å²) in [5, 5.41) is 0. The first kappa shape index (κ1) is 41.5. The molecular weight excluding hydrogens is 422 g/mol. The lowest BCUT2D eigenvalue weighted by molar-refractivity contribution is 3.22. The van der Waals surface area contributed by atoms with Crippen molar-refractivity contribution in [2.75, 3.05) is 0 Å². The summed E-state index contributed by atoms with van der Waals surface area (Å²) >= 11 is 0. The minimum absolute atomic E-state index is 0.696. The van der Waals surface area contributed by atoms with Gasteiger partial charge in [0, 0.05) is 122 Å². The summed E-state index contributed by atoms with van der Waals surface area (Å²) in [5.41, 5.74) is 0. The van der Waals surface area contributed by atoms with Gasteiger partial charge in [-0.25, -0.2) is 0 Å². The number of hydrogen-bond donors (Lipinski definition) is 0. The second kappa shape index (κ2) is 19.1. The molecule has 0 aliphatic rings. The predicted octanol–water partition coefficient (Wildman–Crippen LogP) is -25.8. The highest BCUT2D eigenvalue weighted by Crippen LogP contribution is 2.18. The molecule has 0 fully saturated rings. The van der Waals surface area contributed by atoms with E-state index in [1.807, 2.05) is 0 Å². The van der Waals surface area contributed by atoms with Crippen LogP contribution < -0.4 is 0 Å². The van der Waals surface area contributed by atoms with Gasteiger partial charge in [-0.2, -0.15) is 0 Å². The zero-order chi connectivity index (χ0) is 31.1. The molecular formula is H41B39. The number of rotatable bonds is 18. The second-order valence-electron chi connectivity index (χ2n) is 17.2. The van der Waals surface area contributed by atoms with E-state index in [0.717, 1.165) is 63.9 Å². The van der Waals surface area contributed by atoms with Crippen LogP contribution in [0.1, 0.15) is 0 Å².